The summed E-state index contributed by atoms with van der Waals surface area (Å²) in [5.41, 5.74) is 6.38. The fraction of sp³-hybridized carbons (Fsp3) is 0.533. The van der Waals surface area contributed by atoms with Crippen LogP contribution in [0.15, 0.2) is 18.3 Å². The molecular weight excluding hydrogens is 254 g/mol. The number of pyridine rings is 1. The summed E-state index contributed by atoms with van der Waals surface area (Å²) in [7, 11) is 0. The number of nitrogens with zero attached hydrogens (tertiary/aromatic N) is 2. The number of rotatable bonds is 3. The second-order valence-electron chi connectivity index (χ2n) is 5.81. The van der Waals surface area contributed by atoms with Gasteiger partial charge < -0.3 is 5.73 Å². The molecule has 1 saturated carbocycles. The minimum absolute atomic E-state index is 0.00669. The number of hydrogen-bond donors (Lipinski definition) is 1. The van der Waals surface area contributed by atoms with Gasteiger partial charge in [-0.3, -0.25) is 14.5 Å². The third-order valence-corrected chi connectivity index (χ3v) is 4.59. The van der Waals surface area contributed by atoms with Crippen LogP contribution in [-0.4, -0.2) is 21.7 Å². The summed E-state index contributed by atoms with van der Waals surface area (Å²) < 4.78 is 0. The van der Waals surface area contributed by atoms with Gasteiger partial charge in [-0.25, -0.2) is 4.98 Å². The standard InChI is InChI=1S/C15H19N3O2/c1-2-9-5-11-12(6-9)15(20)18(14(11)19)8-10-3-4-13(16)17-7-10/h3-4,7,9,11-12H,2,5-6,8H2,1H3,(H2,16,17). The van der Waals surface area contributed by atoms with E-state index < -0.39 is 0 Å². The molecular formula is C15H19N3O2. The van der Waals surface area contributed by atoms with Crippen LogP contribution in [0, 0.1) is 17.8 Å². The molecule has 0 radical (unpaired) electrons. The summed E-state index contributed by atoms with van der Waals surface area (Å²) >= 11 is 0. The number of nitrogens with two attached hydrogens (primary N) is 1. The lowest BCUT2D eigenvalue weighted by Gasteiger charge is -2.17. The van der Waals surface area contributed by atoms with Crippen LogP contribution in [0.2, 0.25) is 0 Å². The highest BCUT2D eigenvalue weighted by Crippen LogP contribution is 2.44. The van der Waals surface area contributed by atoms with E-state index >= 15 is 0 Å². The zero-order valence-corrected chi connectivity index (χ0v) is 11.6. The summed E-state index contributed by atoms with van der Waals surface area (Å²) in [5.74, 6) is 0.776. The molecule has 0 spiro atoms. The number of anilines is 1. The molecule has 1 aliphatic carbocycles. The van der Waals surface area contributed by atoms with E-state index in [1.165, 1.54) is 4.90 Å². The van der Waals surface area contributed by atoms with Gasteiger partial charge in [-0.15, -0.1) is 0 Å². The van der Waals surface area contributed by atoms with Gasteiger partial charge in [0.2, 0.25) is 11.8 Å². The van der Waals surface area contributed by atoms with Crippen LogP contribution < -0.4 is 5.73 Å². The molecule has 5 nitrogen and oxygen atoms in total. The molecule has 2 aliphatic rings. The quantitative estimate of drug-likeness (QED) is 0.848. The smallest absolute Gasteiger partial charge is 0.233 e. The molecule has 1 aliphatic heterocycles. The van der Waals surface area contributed by atoms with E-state index in [9.17, 15) is 9.59 Å². The monoisotopic (exact) mass is 273 g/mol. The minimum atomic E-state index is -0.0887. The Morgan fingerprint density at radius 1 is 1.25 bits per heavy atom. The number of carbonyl (C=O) groups excluding carboxylic acids is 2. The Labute approximate surface area is 118 Å². The second kappa shape index (κ2) is 4.89. The minimum Gasteiger partial charge on any atom is -0.384 e. The molecule has 2 amide bonds. The van der Waals surface area contributed by atoms with Crippen LogP contribution in [0.4, 0.5) is 5.82 Å². The van der Waals surface area contributed by atoms with Crippen molar-refractivity contribution in [2.45, 2.75) is 32.7 Å². The van der Waals surface area contributed by atoms with Crippen molar-refractivity contribution in [1.29, 1.82) is 0 Å². The fourth-order valence-electron chi connectivity index (χ4n) is 3.40. The van der Waals surface area contributed by atoms with E-state index in [-0.39, 0.29) is 23.7 Å². The lowest BCUT2D eigenvalue weighted by molar-refractivity contribution is -0.141. The summed E-state index contributed by atoms with van der Waals surface area (Å²) in [4.78, 5) is 30.2. The molecule has 2 fully saturated rings. The Morgan fingerprint density at radius 2 is 1.90 bits per heavy atom. The molecule has 2 unspecified atom stereocenters. The predicted molar refractivity (Wildman–Crippen MR) is 74.2 cm³/mol. The van der Waals surface area contributed by atoms with Gasteiger partial charge in [0.15, 0.2) is 0 Å². The molecule has 3 rings (SSSR count). The number of carbonyl (C=O) groups is 2. The summed E-state index contributed by atoms with van der Waals surface area (Å²) in [6, 6.07) is 3.50. The lowest BCUT2D eigenvalue weighted by atomic mass is 10.00. The Hall–Kier alpha value is -1.91. The number of nitrogen functional groups attached to an aromatic ring is 1. The number of fused-ring (bicyclic) bond motifs is 1. The van der Waals surface area contributed by atoms with Gasteiger partial charge in [-0.1, -0.05) is 19.4 Å². The van der Waals surface area contributed by atoms with Crippen molar-refractivity contribution in [2.24, 2.45) is 17.8 Å². The molecule has 0 bridgehead atoms. The zero-order chi connectivity index (χ0) is 14.3. The van der Waals surface area contributed by atoms with Crippen molar-refractivity contribution in [3.8, 4) is 0 Å². The van der Waals surface area contributed by atoms with Gasteiger partial charge in [0.05, 0.1) is 18.4 Å². The Bertz CT molecular complexity index is 517. The highest BCUT2D eigenvalue weighted by molar-refractivity contribution is 6.05. The average molecular weight is 273 g/mol. The fourth-order valence-corrected chi connectivity index (χ4v) is 3.40. The summed E-state index contributed by atoms with van der Waals surface area (Å²) in [5, 5.41) is 0. The van der Waals surface area contributed by atoms with Gasteiger partial charge >= 0.3 is 0 Å². The number of amides is 2. The molecule has 1 saturated heterocycles. The molecule has 106 valence electrons. The van der Waals surface area contributed by atoms with E-state index in [0.717, 1.165) is 24.8 Å². The molecule has 2 heterocycles. The van der Waals surface area contributed by atoms with Crippen molar-refractivity contribution >= 4 is 17.6 Å². The zero-order valence-electron chi connectivity index (χ0n) is 11.6. The Kier molecular flexibility index (Phi) is 3.20. The summed E-state index contributed by atoms with van der Waals surface area (Å²) in [6.45, 7) is 2.44. The van der Waals surface area contributed by atoms with Crippen LogP contribution in [0.3, 0.4) is 0 Å². The second-order valence-corrected chi connectivity index (χ2v) is 5.81. The molecule has 5 heteroatoms. The Morgan fingerprint density at radius 3 is 2.40 bits per heavy atom. The highest BCUT2D eigenvalue weighted by atomic mass is 16.2. The van der Waals surface area contributed by atoms with E-state index in [0.29, 0.717) is 18.3 Å². The maximum Gasteiger partial charge on any atom is 0.233 e. The third-order valence-electron chi connectivity index (χ3n) is 4.59. The van der Waals surface area contributed by atoms with Crippen LogP contribution >= 0.6 is 0 Å². The Balaban J connectivity index is 1.75. The van der Waals surface area contributed by atoms with Crippen LogP contribution in [0.5, 0.6) is 0 Å². The predicted octanol–water partition coefficient (Wildman–Crippen LogP) is 1.59. The van der Waals surface area contributed by atoms with Crippen LogP contribution in [-0.2, 0) is 16.1 Å². The van der Waals surface area contributed by atoms with Gasteiger partial charge in [-0.2, -0.15) is 0 Å². The molecule has 20 heavy (non-hydrogen) atoms. The number of likely N-dealkylation sites (tertiary alicyclic amines) is 1. The number of hydrogen-bond acceptors (Lipinski definition) is 4. The first-order valence-electron chi connectivity index (χ1n) is 7.15. The van der Waals surface area contributed by atoms with Crippen LogP contribution in [0.25, 0.3) is 0 Å². The van der Waals surface area contributed by atoms with Crippen molar-refractivity contribution < 1.29 is 9.59 Å². The van der Waals surface area contributed by atoms with Crippen molar-refractivity contribution in [3.63, 3.8) is 0 Å². The van der Waals surface area contributed by atoms with Gasteiger partial charge in [-0.05, 0) is 30.4 Å². The molecule has 0 aromatic carbocycles. The van der Waals surface area contributed by atoms with Crippen molar-refractivity contribution in [3.05, 3.63) is 23.9 Å². The van der Waals surface area contributed by atoms with E-state index in [1.54, 1.807) is 12.3 Å². The largest absolute Gasteiger partial charge is 0.384 e. The molecule has 2 atom stereocenters. The average Bonchev–Trinajstić information content (AvgIpc) is 2.97. The first-order valence-corrected chi connectivity index (χ1v) is 7.15. The van der Waals surface area contributed by atoms with Gasteiger partial charge in [0.25, 0.3) is 0 Å². The highest BCUT2D eigenvalue weighted by Gasteiger charge is 2.51. The maximum atomic E-state index is 12.4. The van der Waals surface area contributed by atoms with E-state index in [2.05, 4.69) is 11.9 Å². The number of imide groups is 1. The molecule has 1 aromatic heterocycles. The van der Waals surface area contributed by atoms with E-state index in [1.807, 2.05) is 6.07 Å². The first kappa shape index (κ1) is 13.1. The van der Waals surface area contributed by atoms with Crippen LogP contribution in [0.1, 0.15) is 31.7 Å². The van der Waals surface area contributed by atoms with Crippen molar-refractivity contribution in [2.75, 3.05) is 5.73 Å². The topological polar surface area (TPSA) is 76.3 Å². The number of aromatic nitrogens is 1. The third kappa shape index (κ3) is 2.07. The van der Waals surface area contributed by atoms with Gasteiger partial charge in [0, 0.05) is 6.20 Å². The van der Waals surface area contributed by atoms with Crippen molar-refractivity contribution in [1.82, 2.24) is 9.88 Å². The normalized spacial score (nSPS) is 29.1. The summed E-state index contributed by atoms with van der Waals surface area (Å²) in [6.07, 6.45) is 4.40. The lowest BCUT2D eigenvalue weighted by Crippen LogP contribution is -2.31. The maximum absolute atomic E-state index is 12.4. The molecule has 1 aromatic rings. The van der Waals surface area contributed by atoms with E-state index in [4.69, 9.17) is 5.73 Å². The SMILES string of the molecule is CCC1CC2C(=O)N(Cc3ccc(N)nc3)C(=O)C2C1. The molecule has 2 N–H and O–H groups in total. The van der Waals surface area contributed by atoms with Gasteiger partial charge in [0.1, 0.15) is 5.82 Å². The first-order chi connectivity index (χ1) is 9.60.